The number of nitrogen functional groups attached to an aromatic ring is 1. The van der Waals surface area contributed by atoms with Crippen LogP contribution in [-0.4, -0.2) is 39.5 Å². The Bertz CT molecular complexity index is 1540. The first-order valence-corrected chi connectivity index (χ1v) is 10.3. The molecule has 13 heteroatoms. The van der Waals surface area contributed by atoms with Gasteiger partial charge < -0.3 is 10.3 Å². The lowest BCUT2D eigenvalue weighted by atomic mass is 10.1. The molecule has 0 bridgehead atoms. The molecule has 0 spiro atoms. The maximum Gasteiger partial charge on any atom is 0.451 e. The van der Waals surface area contributed by atoms with Gasteiger partial charge >= 0.3 is 6.18 Å². The molecule has 0 aliphatic heterocycles. The summed E-state index contributed by atoms with van der Waals surface area (Å²) in [6, 6.07) is 5.75. The van der Waals surface area contributed by atoms with Crippen LogP contribution in [0.2, 0.25) is 0 Å². The van der Waals surface area contributed by atoms with Crippen molar-refractivity contribution in [3.63, 3.8) is 0 Å². The molecular weight excluding hydrogens is 466 g/mol. The van der Waals surface area contributed by atoms with Crippen LogP contribution < -0.4 is 5.73 Å². The van der Waals surface area contributed by atoms with Gasteiger partial charge in [0.1, 0.15) is 35.0 Å². The number of para-hydroxylation sites is 1. The second-order valence-corrected chi connectivity index (χ2v) is 7.80. The average molecular weight is 483 g/mol. The average Bonchev–Trinajstić information content (AvgIpc) is 3.40. The summed E-state index contributed by atoms with van der Waals surface area (Å²) in [4.78, 5) is 15.3. The van der Waals surface area contributed by atoms with E-state index in [9.17, 15) is 17.6 Å². The summed E-state index contributed by atoms with van der Waals surface area (Å²) < 4.78 is 56.2. The molecule has 9 nitrogen and oxygen atoms in total. The molecule has 5 rings (SSSR count). The predicted octanol–water partition coefficient (Wildman–Crippen LogP) is 4.13. The first kappa shape index (κ1) is 22.4. The zero-order valence-corrected chi connectivity index (χ0v) is 18.4. The highest BCUT2D eigenvalue weighted by atomic mass is 19.4. The smallest absolute Gasteiger partial charge is 0.383 e. The monoisotopic (exact) mass is 483 g/mol. The molecule has 1 aromatic carbocycles. The van der Waals surface area contributed by atoms with Crippen molar-refractivity contribution in [3.05, 3.63) is 72.2 Å². The summed E-state index contributed by atoms with van der Waals surface area (Å²) in [5, 5.41) is 8.81. The van der Waals surface area contributed by atoms with Gasteiger partial charge in [-0.25, -0.2) is 29.0 Å². The zero-order valence-electron chi connectivity index (χ0n) is 18.4. The summed E-state index contributed by atoms with van der Waals surface area (Å²) >= 11 is 0. The van der Waals surface area contributed by atoms with Gasteiger partial charge in [0, 0.05) is 29.7 Å². The molecule has 0 aliphatic carbocycles. The van der Waals surface area contributed by atoms with Crippen LogP contribution in [0, 0.1) is 12.7 Å². The third-order valence-electron chi connectivity index (χ3n) is 5.68. The van der Waals surface area contributed by atoms with Crippen LogP contribution in [-0.2, 0) is 6.18 Å². The van der Waals surface area contributed by atoms with E-state index in [1.165, 1.54) is 17.1 Å². The van der Waals surface area contributed by atoms with E-state index in [1.807, 2.05) is 6.92 Å². The highest BCUT2D eigenvalue weighted by molar-refractivity contribution is 6.00. The second kappa shape index (κ2) is 8.11. The summed E-state index contributed by atoms with van der Waals surface area (Å²) in [6.07, 6.45) is 0.452. The Morgan fingerprint density at radius 1 is 1.03 bits per heavy atom. The highest BCUT2D eigenvalue weighted by Crippen LogP contribution is 2.36. The zero-order chi connectivity index (χ0) is 24.9. The summed E-state index contributed by atoms with van der Waals surface area (Å²) in [6.45, 7) is 3.60. The lowest BCUT2D eigenvalue weighted by molar-refractivity contribution is -0.144. The van der Waals surface area contributed by atoms with Gasteiger partial charge in [-0.1, -0.05) is 17.3 Å². The summed E-state index contributed by atoms with van der Waals surface area (Å²) in [5.41, 5.74) is 8.70. The van der Waals surface area contributed by atoms with Gasteiger partial charge in [0.25, 0.3) is 0 Å². The molecule has 178 valence electrons. The number of anilines is 1. The van der Waals surface area contributed by atoms with Gasteiger partial charge in [-0.2, -0.15) is 13.2 Å². The van der Waals surface area contributed by atoms with E-state index >= 15 is 0 Å². The molecule has 0 unspecified atom stereocenters. The standard InChI is InChI=1S/C22H17F4N9/c1-11(18-12(2)35(33-32-18)16-6-4-3-5-15(16)23)34-9-14(17-19(27)30-10-31-20(17)34)13-7-28-21(29-8-13)22(24,25)26/h3-11H,1-2H3,(H2,27,30,31)/t11-/m0/s1. The number of hydrogen-bond acceptors (Lipinski definition) is 7. The number of hydrogen-bond donors (Lipinski definition) is 1. The maximum atomic E-state index is 14.3. The minimum Gasteiger partial charge on any atom is -0.383 e. The van der Waals surface area contributed by atoms with E-state index in [4.69, 9.17) is 5.73 Å². The Morgan fingerprint density at radius 3 is 2.43 bits per heavy atom. The van der Waals surface area contributed by atoms with Crippen LogP contribution in [0.4, 0.5) is 23.4 Å². The Morgan fingerprint density at radius 2 is 1.74 bits per heavy atom. The predicted molar refractivity (Wildman–Crippen MR) is 118 cm³/mol. The van der Waals surface area contributed by atoms with E-state index in [0.29, 0.717) is 33.5 Å². The van der Waals surface area contributed by atoms with Crippen LogP contribution in [0.3, 0.4) is 0 Å². The van der Waals surface area contributed by atoms with Gasteiger partial charge in [-0.05, 0) is 26.0 Å². The number of aromatic nitrogens is 8. The van der Waals surface area contributed by atoms with Crippen molar-refractivity contribution in [1.29, 1.82) is 0 Å². The molecule has 4 aromatic heterocycles. The number of nitrogens with zero attached hydrogens (tertiary/aromatic N) is 8. The van der Waals surface area contributed by atoms with Gasteiger partial charge in [0.15, 0.2) is 0 Å². The third kappa shape index (κ3) is 3.74. The number of halogens is 4. The van der Waals surface area contributed by atoms with Crippen molar-refractivity contribution < 1.29 is 17.6 Å². The van der Waals surface area contributed by atoms with E-state index in [1.54, 1.807) is 35.9 Å². The Balaban J connectivity index is 1.62. The topological polar surface area (TPSA) is 113 Å². The van der Waals surface area contributed by atoms with Crippen LogP contribution in [0.25, 0.3) is 27.8 Å². The van der Waals surface area contributed by atoms with Gasteiger partial charge in [0.05, 0.1) is 17.1 Å². The first-order chi connectivity index (χ1) is 16.7. The number of rotatable bonds is 4. The fraction of sp³-hybridized carbons (Fsp3) is 0.182. The normalized spacial score (nSPS) is 12.9. The van der Waals surface area contributed by atoms with Gasteiger partial charge in [0.2, 0.25) is 5.82 Å². The lowest BCUT2D eigenvalue weighted by Gasteiger charge is -2.13. The van der Waals surface area contributed by atoms with Crippen molar-refractivity contribution in [2.24, 2.45) is 0 Å². The van der Waals surface area contributed by atoms with E-state index in [0.717, 1.165) is 12.4 Å². The lowest BCUT2D eigenvalue weighted by Crippen LogP contribution is -2.10. The van der Waals surface area contributed by atoms with Crippen LogP contribution >= 0.6 is 0 Å². The minimum atomic E-state index is -4.66. The van der Waals surface area contributed by atoms with Crippen molar-refractivity contribution in [3.8, 4) is 16.8 Å². The van der Waals surface area contributed by atoms with Crippen molar-refractivity contribution in [2.45, 2.75) is 26.1 Å². The minimum absolute atomic E-state index is 0.141. The van der Waals surface area contributed by atoms with Crippen molar-refractivity contribution in [1.82, 2.24) is 39.5 Å². The molecule has 0 saturated carbocycles. The second-order valence-electron chi connectivity index (χ2n) is 7.80. The van der Waals surface area contributed by atoms with Crippen LogP contribution in [0.5, 0.6) is 0 Å². The molecule has 0 amide bonds. The molecule has 0 saturated heterocycles. The fourth-order valence-corrected chi connectivity index (χ4v) is 3.95. The van der Waals surface area contributed by atoms with Gasteiger partial charge in [-0.3, -0.25) is 0 Å². The summed E-state index contributed by atoms with van der Waals surface area (Å²) in [5.74, 6) is -1.55. The fourth-order valence-electron chi connectivity index (χ4n) is 3.95. The first-order valence-electron chi connectivity index (χ1n) is 10.3. The van der Waals surface area contributed by atoms with Crippen LogP contribution in [0.1, 0.15) is 30.2 Å². The Labute approximate surface area is 195 Å². The molecule has 0 aliphatic rings. The quantitative estimate of drug-likeness (QED) is 0.383. The maximum absolute atomic E-state index is 14.3. The molecule has 4 heterocycles. The van der Waals surface area contributed by atoms with E-state index in [2.05, 4.69) is 30.2 Å². The Kier molecular flexibility index (Phi) is 5.19. The molecule has 5 aromatic rings. The third-order valence-corrected chi connectivity index (χ3v) is 5.68. The van der Waals surface area contributed by atoms with Crippen molar-refractivity contribution in [2.75, 3.05) is 5.73 Å². The largest absolute Gasteiger partial charge is 0.451 e. The molecule has 2 N–H and O–H groups in total. The number of nitrogens with two attached hydrogens (primary N) is 1. The van der Waals surface area contributed by atoms with E-state index in [-0.39, 0.29) is 11.5 Å². The van der Waals surface area contributed by atoms with Crippen molar-refractivity contribution >= 4 is 16.9 Å². The van der Waals surface area contributed by atoms with Gasteiger partial charge in [-0.15, -0.1) is 5.10 Å². The summed E-state index contributed by atoms with van der Waals surface area (Å²) in [7, 11) is 0. The number of alkyl halides is 3. The SMILES string of the molecule is Cc1c([C@H](C)n2cc(-c3cnc(C(F)(F)F)nc3)c3c(N)ncnc32)nnn1-c1ccccc1F. The molecule has 1 atom stereocenters. The van der Waals surface area contributed by atoms with E-state index < -0.39 is 23.9 Å². The number of benzene rings is 1. The molecular formula is C22H17F4N9. The molecule has 0 radical (unpaired) electrons. The highest BCUT2D eigenvalue weighted by Gasteiger charge is 2.34. The molecule has 35 heavy (non-hydrogen) atoms. The molecule has 0 fully saturated rings. The number of fused-ring (bicyclic) bond motifs is 1. The Hall–Kier alpha value is -4.42. The van der Waals surface area contributed by atoms with Crippen LogP contribution in [0.15, 0.2) is 49.2 Å².